The van der Waals surface area contributed by atoms with E-state index >= 15 is 0 Å². The van der Waals surface area contributed by atoms with Gasteiger partial charge >= 0.3 is 6.61 Å². The third-order valence-corrected chi connectivity index (χ3v) is 3.29. The highest BCUT2D eigenvalue weighted by Gasteiger charge is 2.06. The number of ether oxygens (including phenoxy) is 1. The number of hydrogen-bond donors (Lipinski definition) is 1. The molecule has 3 aromatic rings. The zero-order chi connectivity index (χ0) is 21.6. The van der Waals surface area contributed by atoms with Crippen LogP contribution in [-0.2, 0) is 4.57 Å². The van der Waals surface area contributed by atoms with E-state index in [1.165, 1.54) is 18.2 Å². The molecule has 0 bridgehead atoms. The Morgan fingerprint density at radius 3 is 2.28 bits per heavy atom. The van der Waals surface area contributed by atoms with Gasteiger partial charge in [0.1, 0.15) is 11.6 Å². The largest absolute Gasteiger partial charge is 0.822 e. The molecule has 0 atom stereocenters. The number of aromatic amines is 1. The number of benzene rings is 2. The molecule has 1 N–H and O–H groups in total. The number of nitrogens with one attached hydrogen (secondary N) is 1. The predicted octanol–water partition coefficient (Wildman–Crippen LogP) is -0.126. The van der Waals surface area contributed by atoms with Gasteiger partial charge in [0.05, 0.1) is 17.0 Å². The summed E-state index contributed by atoms with van der Waals surface area (Å²) >= 11 is 0. The number of halogens is 2. The summed E-state index contributed by atoms with van der Waals surface area (Å²) < 4.78 is 37.0. The van der Waals surface area contributed by atoms with Gasteiger partial charge in [-0.1, -0.05) is 30.3 Å². The first kappa shape index (κ1) is 22.2. The Labute approximate surface area is 162 Å². The van der Waals surface area contributed by atoms with Gasteiger partial charge in [-0.25, -0.2) is 4.98 Å². The number of imidazole rings is 1. The van der Waals surface area contributed by atoms with Crippen LogP contribution in [0.25, 0.3) is 23.2 Å². The van der Waals surface area contributed by atoms with Crippen LogP contribution < -0.4 is 24.5 Å². The highest BCUT2D eigenvalue weighted by molar-refractivity contribution is 7.40. The van der Waals surface area contributed by atoms with Gasteiger partial charge in [-0.3, -0.25) is 0 Å². The zero-order valence-electron chi connectivity index (χ0n) is 14.3. The first-order valence-corrected chi connectivity index (χ1v) is 9.15. The Morgan fingerprint density at radius 1 is 1.10 bits per heavy atom. The summed E-state index contributed by atoms with van der Waals surface area (Å²) in [5.74, 6) is -0.756. The smallest absolute Gasteiger partial charge is 0.387 e. The van der Waals surface area contributed by atoms with Crippen LogP contribution in [0, 0.1) is 0 Å². The van der Waals surface area contributed by atoms with Crippen molar-refractivity contribution in [3.05, 3.63) is 59.4 Å². The van der Waals surface area contributed by atoms with Crippen molar-refractivity contribution in [3.63, 3.8) is 0 Å². The van der Waals surface area contributed by atoms with E-state index in [9.17, 15) is 18.7 Å². The maximum Gasteiger partial charge on any atom is 0.387 e. The number of aromatic carboxylic acids is 1. The van der Waals surface area contributed by atoms with Crippen molar-refractivity contribution < 1.29 is 42.7 Å². The molecule has 9 nitrogen and oxygen atoms in total. The van der Waals surface area contributed by atoms with Crippen LogP contribution >= 0.6 is 7.82 Å². The number of carbonyl (C=O) groups excluding carboxylic acids is 1. The molecular weight excluding hydrogens is 413 g/mol. The third-order valence-electron chi connectivity index (χ3n) is 3.29. The normalized spacial score (nSPS) is 11.5. The highest BCUT2D eigenvalue weighted by Crippen LogP contribution is 2.19. The number of carbonyl (C=O) groups is 1. The van der Waals surface area contributed by atoms with E-state index < -0.39 is 20.4 Å². The number of H-pyrrole nitrogens is 1. The first-order chi connectivity index (χ1) is 13.5. The molecular formula is C17H11F2N2O7P-4. The molecule has 0 aliphatic rings. The standard InChI is InChI=1S/C17H12F2N2O3.H3O4P/c18-17(19)24-11-7-4-10(5-8-11)6-9-14-20-13-3-1-2-12(16(22)23)15(13)21-14;1-5(2,3)4/h1-9,17H,(H,20,21)(H,22,23);(H3,1,2,3,4)/p-4/b9-6+;. The fourth-order valence-corrected chi connectivity index (χ4v) is 2.23. The number of alkyl halides is 2. The van der Waals surface area contributed by atoms with Gasteiger partial charge in [0.15, 0.2) is 0 Å². The van der Waals surface area contributed by atoms with Crippen molar-refractivity contribution in [2.45, 2.75) is 6.61 Å². The number of nitrogens with zero attached hydrogens (tertiary/aromatic N) is 1. The summed E-state index contributed by atoms with van der Waals surface area (Å²) in [5.41, 5.74) is 1.66. The molecule has 29 heavy (non-hydrogen) atoms. The van der Waals surface area contributed by atoms with Crippen molar-refractivity contribution in [2.24, 2.45) is 0 Å². The maximum atomic E-state index is 12.1. The van der Waals surface area contributed by atoms with Gasteiger partial charge in [0, 0.05) is 5.56 Å². The lowest BCUT2D eigenvalue weighted by Gasteiger charge is -2.36. The number of carboxylic acids is 1. The predicted molar refractivity (Wildman–Crippen MR) is 90.0 cm³/mol. The zero-order valence-corrected chi connectivity index (χ0v) is 15.2. The molecule has 0 spiro atoms. The monoisotopic (exact) mass is 424 g/mol. The second-order valence-corrected chi connectivity index (χ2v) is 6.23. The van der Waals surface area contributed by atoms with Crippen LogP contribution in [-0.4, -0.2) is 22.5 Å². The van der Waals surface area contributed by atoms with Gasteiger partial charge in [-0.15, -0.1) is 0 Å². The molecule has 0 radical (unpaired) electrons. The molecule has 3 rings (SSSR count). The number of rotatable bonds is 5. The van der Waals surface area contributed by atoms with E-state index in [4.69, 9.17) is 19.2 Å². The Kier molecular flexibility index (Phi) is 7.18. The molecule has 1 heterocycles. The average molecular weight is 424 g/mol. The van der Waals surface area contributed by atoms with E-state index in [2.05, 4.69) is 14.7 Å². The van der Waals surface area contributed by atoms with E-state index in [0.29, 0.717) is 16.9 Å². The summed E-state index contributed by atoms with van der Waals surface area (Å²) in [7, 11) is -5.39. The second-order valence-electron chi connectivity index (χ2n) is 5.34. The molecule has 154 valence electrons. The maximum absolute atomic E-state index is 12.1. The lowest BCUT2D eigenvalue weighted by molar-refractivity contribution is -0.432. The molecule has 0 saturated heterocycles. The van der Waals surface area contributed by atoms with Gasteiger partial charge < -0.3 is 38.9 Å². The quantitative estimate of drug-likeness (QED) is 0.554. The average Bonchev–Trinajstić information content (AvgIpc) is 3.02. The van der Waals surface area contributed by atoms with E-state index in [-0.39, 0.29) is 11.3 Å². The van der Waals surface area contributed by atoms with Crippen molar-refractivity contribution in [2.75, 3.05) is 0 Å². The highest BCUT2D eigenvalue weighted by atomic mass is 31.2. The number of hydrogen-bond acceptors (Lipinski definition) is 8. The molecule has 1 aromatic heterocycles. The lowest BCUT2D eigenvalue weighted by atomic mass is 10.2. The topological polar surface area (TPSA) is 164 Å². The van der Waals surface area contributed by atoms with E-state index in [1.807, 2.05) is 0 Å². The fraction of sp³-hybridized carbons (Fsp3) is 0.0588. The summed E-state index contributed by atoms with van der Waals surface area (Å²) in [4.78, 5) is 43.9. The molecule has 12 heteroatoms. The number of phosphoric acid groups is 1. The van der Waals surface area contributed by atoms with Crippen molar-refractivity contribution in [1.82, 2.24) is 9.97 Å². The van der Waals surface area contributed by atoms with Crippen molar-refractivity contribution in [3.8, 4) is 5.75 Å². The molecule has 0 fully saturated rings. The summed E-state index contributed by atoms with van der Waals surface area (Å²) in [6.07, 6.45) is 3.37. The summed E-state index contributed by atoms with van der Waals surface area (Å²) in [5, 5.41) is 11.1. The van der Waals surface area contributed by atoms with Crippen LogP contribution in [0.15, 0.2) is 42.5 Å². The van der Waals surface area contributed by atoms with Gasteiger partial charge in [0.25, 0.3) is 0 Å². The Bertz CT molecular complexity index is 1050. The minimum atomic E-state index is -5.39. The number of aromatic nitrogens is 2. The van der Waals surface area contributed by atoms with Gasteiger partial charge in [0.2, 0.25) is 0 Å². The van der Waals surface area contributed by atoms with Crippen LogP contribution in [0.3, 0.4) is 0 Å². The molecule has 0 aliphatic heterocycles. The minimum Gasteiger partial charge on any atom is -0.822 e. The molecule has 0 unspecified atom stereocenters. The molecule has 0 saturated carbocycles. The van der Waals surface area contributed by atoms with Gasteiger partial charge in [-0.05, 0) is 29.8 Å². The first-order valence-electron chi connectivity index (χ1n) is 7.69. The minimum absolute atomic E-state index is 0.0110. The summed E-state index contributed by atoms with van der Waals surface area (Å²) in [6, 6.07) is 10.8. The van der Waals surface area contributed by atoms with Crippen LogP contribution in [0.1, 0.15) is 21.7 Å². The molecule has 2 aromatic carbocycles. The Balaban J connectivity index is 0.000000537. The van der Waals surface area contributed by atoms with Crippen molar-refractivity contribution in [1.29, 1.82) is 0 Å². The number of para-hydroxylation sites is 1. The fourth-order valence-electron chi connectivity index (χ4n) is 2.23. The van der Waals surface area contributed by atoms with Crippen LogP contribution in [0.2, 0.25) is 0 Å². The Hall–Kier alpha value is -3.11. The van der Waals surface area contributed by atoms with E-state index in [1.54, 1.807) is 36.4 Å². The number of carboxylic acid groups (broad SMARTS) is 1. The molecule has 0 aliphatic carbocycles. The van der Waals surface area contributed by atoms with E-state index in [0.717, 1.165) is 5.56 Å². The number of fused-ring (bicyclic) bond motifs is 1. The lowest BCUT2D eigenvalue weighted by Crippen LogP contribution is -2.24. The molecule has 0 amide bonds. The summed E-state index contributed by atoms with van der Waals surface area (Å²) in [6.45, 7) is -2.86. The van der Waals surface area contributed by atoms with Gasteiger partial charge in [-0.2, -0.15) is 16.6 Å². The SMILES string of the molecule is O=C([O-])c1cccc2[nH]c(/C=C/c3ccc(OC(F)F)cc3)nc12.O=P([O-])([O-])[O-]. The second kappa shape index (κ2) is 9.39. The third kappa shape index (κ3) is 7.43. The van der Waals surface area contributed by atoms with Crippen LogP contribution in [0.5, 0.6) is 5.75 Å². The Morgan fingerprint density at radius 2 is 1.72 bits per heavy atom. The van der Waals surface area contributed by atoms with Crippen LogP contribution in [0.4, 0.5) is 8.78 Å². The van der Waals surface area contributed by atoms with Crippen molar-refractivity contribution >= 4 is 37.0 Å².